The van der Waals surface area contributed by atoms with Crippen molar-refractivity contribution in [3.63, 3.8) is 0 Å². The molecule has 2 unspecified atom stereocenters. The fourth-order valence-corrected chi connectivity index (χ4v) is 9.65. The minimum atomic E-state index is -0.862. The molecule has 2 aliphatic heterocycles. The van der Waals surface area contributed by atoms with Crippen LogP contribution in [-0.4, -0.2) is 45.7 Å². The first kappa shape index (κ1) is 38.6. The summed E-state index contributed by atoms with van der Waals surface area (Å²) in [5.74, 6) is -0.216. The number of rotatable bonds is 6. The molecule has 0 bridgehead atoms. The summed E-state index contributed by atoms with van der Waals surface area (Å²) in [4.78, 5) is 97.1. The number of Topliss-reactive ketones (excluding diaryl/α,β-unsaturated/α-hetero) is 2. The Kier molecular flexibility index (Phi) is 8.88. The standard InChI is InChI=1S/C46H44N6O8/c1-45(2)19-29-35(31(53)21-45)33(37-39(47-43(57)49-41(37)55)51(29)25-11-15-27(59-5)16-12-25)23-7-9-24(10-8-23)34-36-30(20-46(3,4)22-32(36)54)52(26-13-17-28(60-6)18-14-26)40-38(34)42(56)50-44(58)48-40/h7-18,33-34H,19-22H2,1-6H3,(H2,47,49,55,57)(H2,48,50,56,58). The molecule has 0 fully saturated rings. The minimum Gasteiger partial charge on any atom is -0.497 e. The highest BCUT2D eigenvalue weighted by molar-refractivity contribution is 6.03. The van der Waals surface area contributed by atoms with Gasteiger partial charge in [0.2, 0.25) is 0 Å². The number of carbonyl (C=O) groups is 2. The molecule has 2 atom stereocenters. The molecule has 2 aromatic heterocycles. The number of ether oxygens (including phenoxy) is 2. The zero-order valence-corrected chi connectivity index (χ0v) is 34.1. The number of methoxy groups -OCH3 is 2. The number of nitrogens with one attached hydrogen (secondary N) is 4. The molecule has 4 N–H and O–H groups in total. The van der Waals surface area contributed by atoms with Crippen molar-refractivity contribution in [2.45, 2.75) is 65.2 Å². The summed E-state index contributed by atoms with van der Waals surface area (Å²) in [6, 6.07) is 21.6. The van der Waals surface area contributed by atoms with Gasteiger partial charge in [-0.25, -0.2) is 9.59 Å². The number of benzene rings is 3. The Morgan fingerprint density at radius 2 is 0.850 bits per heavy atom. The van der Waals surface area contributed by atoms with E-state index in [1.807, 2.05) is 76.2 Å². The number of hydrogen-bond donors (Lipinski definition) is 4. The molecule has 3 aromatic carbocycles. The van der Waals surface area contributed by atoms with Crippen LogP contribution in [0.3, 0.4) is 0 Å². The number of aromatic nitrogens is 4. The molecule has 0 saturated carbocycles. The van der Waals surface area contributed by atoms with Crippen LogP contribution in [0.1, 0.15) is 87.5 Å². The number of nitrogens with zero attached hydrogens (tertiary/aromatic N) is 2. The van der Waals surface area contributed by atoms with E-state index in [0.717, 1.165) is 0 Å². The summed E-state index contributed by atoms with van der Waals surface area (Å²) in [6.07, 6.45) is 1.44. The van der Waals surface area contributed by atoms with E-state index in [1.54, 1.807) is 48.3 Å². The summed E-state index contributed by atoms with van der Waals surface area (Å²) < 4.78 is 10.8. The van der Waals surface area contributed by atoms with E-state index in [9.17, 15) is 28.8 Å². The Labute approximate surface area is 343 Å². The van der Waals surface area contributed by atoms with Crippen LogP contribution in [0.5, 0.6) is 11.5 Å². The Bertz CT molecular complexity index is 2730. The smallest absolute Gasteiger partial charge is 0.327 e. The normalized spacial score (nSPS) is 20.3. The summed E-state index contributed by atoms with van der Waals surface area (Å²) in [5, 5.41) is 0. The van der Waals surface area contributed by atoms with Crippen molar-refractivity contribution in [3.05, 3.63) is 159 Å². The number of carbonyl (C=O) groups excluding carboxylic acids is 2. The van der Waals surface area contributed by atoms with E-state index in [2.05, 4.69) is 19.9 Å². The zero-order valence-electron chi connectivity index (χ0n) is 34.1. The average molecular weight is 809 g/mol. The van der Waals surface area contributed by atoms with E-state index >= 15 is 0 Å². The van der Waals surface area contributed by atoms with Gasteiger partial charge in [-0.05, 0) is 83.3 Å². The largest absolute Gasteiger partial charge is 0.497 e. The molecule has 0 spiro atoms. The van der Waals surface area contributed by atoms with Gasteiger partial charge in [-0.2, -0.15) is 0 Å². The van der Waals surface area contributed by atoms with Crippen molar-refractivity contribution in [2.75, 3.05) is 24.0 Å². The number of hydrogen-bond acceptors (Lipinski definition) is 10. The lowest BCUT2D eigenvalue weighted by Crippen LogP contribution is -2.42. The number of anilines is 4. The maximum absolute atomic E-state index is 14.4. The van der Waals surface area contributed by atoms with Gasteiger partial charge in [-0.1, -0.05) is 52.0 Å². The third-order valence-corrected chi connectivity index (χ3v) is 12.1. The highest BCUT2D eigenvalue weighted by Crippen LogP contribution is 2.54. The number of H-pyrrole nitrogens is 4. The zero-order chi connectivity index (χ0) is 42.4. The lowest BCUT2D eigenvalue weighted by atomic mass is 9.67. The van der Waals surface area contributed by atoms with Gasteiger partial charge in [0.05, 0.1) is 25.3 Å². The third kappa shape index (κ3) is 6.25. The molecule has 0 amide bonds. The molecule has 60 heavy (non-hydrogen) atoms. The molecule has 14 nitrogen and oxygen atoms in total. The molecule has 5 aromatic rings. The van der Waals surface area contributed by atoms with Crippen LogP contribution in [-0.2, 0) is 9.59 Å². The first-order valence-corrected chi connectivity index (χ1v) is 19.8. The second kappa shape index (κ2) is 13.8. The van der Waals surface area contributed by atoms with Gasteiger partial charge < -0.3 is 9.47 Å². The van der Waals surface area contributed by atoms with Crippen molar-refractivity contribution in [1.29, 1.82) is 0 Å². The van der Waals surface area contributed by atoms with E-state index < -0.39 is 45.2 Å². The Morgan fingerprint density at radius 3 is 1.18 bits per heavy atom. The molecule has 14 heteroatoms. The van der Waals surface area contributed by atoms with Crippen molar-refractivity contribution < 1.29 is 19.1 Å². The summed E-state index contributed by atoms with van der Waals surface area (Å²) in [7, 11) is 3.13. The summed E-state index contributed by atoms with van der Waals surface area (Å²) in [6.45, 7) is 8.07. The lowest BCUT2D eigenvalue weighted by molar-refractivity contribution is -0.119. The van der Waals surface area contributed by atoms with Crippen molar-refractivity contribution in [3.8, 4) is 11.5 Å². The maximum Gasteiger partial charge on any atom is 0.327 e. The topological polar surface area (TPSA) is 191 Å². The number of fused-ring (bicyclic) bond motifs is 2. The highest BCUT2D eigenvalue weighted by Gasteiger charge is 2.48. The number of ketones is 2. The van der Waals surface area contributed by atoms with Gasteiger partial charge in [0.15, 0.2) is 11.6 Å². The van der Waals surface area contributed by atoms with Crippen LogP contribution in [0.2, 0.25) is 0 Å². The van der Waals surface area contributed by atoms with Crippen molar-refractivity contribution in [1.82, 2.24) is 19.9 Å². The van der Waals surface area contributed by atoms with Gasteiger partial charge in [0.1, 0.15) is 23.1 Å². The predicted molar refractivity (Wildman–Crippen MR) is 226 cm³/mol. The van der Waals surface area contributed by atoms with Crippen LogP contribution >= 0.6 is 0 Å². The fourth-order valence-electron chi connectivity index (χ4n) is 9.65. The quantitative estimate of drug-likeness (QED) is 0.151. The highest BCUT2D eigenvalue weighted by atomic mass is 16.5. The van der Waals surface area contributed by atoms with Gasteiger partial charge in [-0.3, -0.25) is 48.9 Å². The summed E-state index contributed by atoms with van der Waals surface area (Å²) >= 11 is 0. The first-order chi connectivity index (χ1) is 28.6. The van der Waals surface area contributed by atoms with E-state index in [1.165, 1.54) is 0 Å². The van der Waals surface area contributed by atoms with Crippen LogP contribution < -0.4 is 41.8 Å². The molecular formula is C46H44N6O8. The third-order valence-electron chi connectivity index (χ3n) is 12.1. The van der Waals surface area contributed by atoms with Gasteiger partial charge >= 0.3 is 11.4 Å². The Hall–Kier alpha value is -6.96. The molecule has 4 aliphatic rings. The molecule has 4 heterocycles. The Morgan fingerprint density at radius 1 is 0.500 bits per heavy atom. The monoisotopic (exact) mass is 808 g/mol. The van der Waals surface area contributed by atoms with Gasteiger partial charge in [0.25, 0.3) is 11.1 Å². The number of allylic oxidation sites excluding steroid dienone is 4. The molecule has 306 valence electrons. The number of aromatic amines is 4. The Balaban J connectivity index is 1.24. The molecule has 0 saturated heterocycles. The van der Waals surface area contributed by atoms with Crippen molar-refractivity contribution in [2.24, 2.45) is 10.8 Å². The predicted octanol–water partition coefficient (Wildman–Crippen LogP) is 6.31. The van der Waals surface area contributed by atoms with E-state index in [4.69, 9.17) is 9.47 Å². The fraction of sp³-hybridized carbons (Fsp3) is 0.304. The minimum absolute atomic E-state index is 0.120. The second-order valence-corrected chi connectivity index (χ2v) is 17.5. The van der Waals surface area contributed by atoms with Crippen LogP contribution in [0.4, 0.5) is 23.0 Å². The van der Waals surface area contributed by atoms with Crippen LogP contribution in [0.15, 0.2) is 115 Å². The molecule has 9 rings (SSSR count). The lowest BCUT2D eigenvalue weighted by Gasteiger charge is -2.44. The van der Waals surface area contributed by atoms with Gasteiger partial charge in [-0.15, -0.1) is 0 Å². The maximum atomic E-state index is 14.4. The van der Waals surface area contributed by atoms with E-state index in [0.29, 0.717) is 69.4 Å². The van der Waals surface area contributed by atoms with Crippen molar-refractivity contribution >= 4 is 34.6 Å². The molecule has 2 aliphatic carbocycles. The molecular weight excluding hydrogens is 765 g/mol. The second-order valence-electron chi connectivity index (χ2n) is 17.5. The van der Waals surface area contributed by atoms with E-state index in [-0.39, 0.29) is 47.2 Å². The molecule has 0 radical (unpaired) electrons. The van der Waals surface area contributed by atoms with Crippen LogP contribution in [0.25, 0.3) is 0 Å². The average Bonchev–Trinajstić information content (AvgIpc) is 3.18. The summed E-state index contributed by atoms with van der Waals surface area (Å²) in [5.41, 5.74) is 1.61. The SMILES string of the molecule is COc1ccc(N2C3=C(C(=O)CC(C)(C)C3)C(c3ccc(C4C5=C(CC(C)(C)CC5=O)N(c5ccc(OC)cc5)c5[nH]c(=O)[nH]c(=O)c54)cc3)c3c2[nH]c(=O)[nH]c3=O)cc1. The first-order valence-electron chi connectivity index (χ1n) is 19.8. The van der Waals surface area contributed by atoms with Crippen LogP contribution in [0, 0.1) is 10.8 Å². The van der Waals surface area contributed by atoms with Gasteiger partial charge in [0, 0.05) is 58.6 Å².